The smallest absolute Gasteiger partial charge is 0.260 e. The summed E-state index contributed by atoms with van der Waals surface area (Å²) < 4.78 is 31.9. The molecule has 134 valence electrons. The molecule has 0 bridgehead atoms. The number of nitrogens with zero attached hydrogens (tertiary/aromatic N) is 1. The highest BCUT2D eigenvalue weighted by Gasteiger charge is 2.28. The topological polar surface area (TPSA) is 95.9 Å². The van der Waals surface area contributed by atoms with E-state index >= 15 is 0 Å². The van der Waals surface area contributed by atoms with Gasteiger partial charge in [-0.2, -0.15) is 4.31 Å². The van der Waals surface area contributed by atoms with Crippen LogP contribution in [0.15, 0.2) is 34.5 Å². The van der Waals surface area contributed by atoms with Crippen molar-refractivity contribution in [3.05, 3.63) is 41.5 Å². The number of ether oxygens (including phenoxy) is 1. The van der Waals surface area contributed by atoms with Crippen LogP contribution in [-0.2, 0) is 14.8 Å². The third kappa shape index (κ3) is 3.69. The summed E-state index contributed by atoms with van der Waals surface area (Å²) in [7, 11) is -3.59. The van der Waals surface area contributed by atoms with Gasteiger partial charge in [-0.1, -0.05) is 12.1 Å². The lowest BCUT2D eigenvalue weighted by Crippen LogP contribution is -2.40. The van der Waals surface area contributed by atoms with Crippen LogP contribution < -0.4 is 5.32 Å². The van der Waals surface area contributed by atoms with Crippen molar-refractivity contribution in [3.8, 4) is 5.75 Å². The fourth-order valence-electron chi connectivity index (χ4n) is 2.46. The summed E-state index contributed by atoms with van der Waals surface area (Å²) in [4.78, 5) is 12.3. The van der Waals surface area contributed by atoms with E-state index in [2.05, 4.69) is 5.32 Å². The van der Waals surface area contributed by atoms with Crippen molar-refractivity contribution in [2.75, 3.05) is 31.6 Å². The van der Waals surface area contributed by atoms with Gasteiger partial charge in [-0.25, -0.2) is 8.42 Å². The SMILES string of the molecule is Cc1cccc(C(=O)Nc2ccc(S(=O)(=O)N3CCOCC3)s2)c1O. The van der Waals surface area contributed by atoms with Crippen LogP contribution in [0.2, 0.25) is 0 Å². The lowest BCUT2D eigenvalue weighted by Gasteiger charge is -2.25. The Bertz CT molecular complexity index is 886. The van der Waals surface area contributed by atoms with Crippen LogP contribution in [0.5, 0.6) is 5.75 Å². The van der Waals surface area contributed by atoms with Crippen molar-refractivity contribution in [2.24, 2.45) is 0 Å². The number of carbonyl (C=O) groups excluding carboxylic acids is 1. The molecule has 7 nitrogen and oxygen atoms in total. The van der Waals surface area contributed by atoms with Crippen LogP contribution in [0.1, 0.15) is 15.9 Å². The van der Waals surface area contributed by atoms with E-state index < -0.39 is 15.9 Å². The number of thiophene rings is 1. The molecule has 0 aliphatic carbocycles. The molecule has 9 heteroatoms. The highest BCUT2D eigenvalue weighted by molar-refractivity contribution is 7.91. The number of phenolic OH excluding ortho intramolecular Hbond substituents is 1. The van der Waals surface area contributed by atoms with Gasteiger partial charge in [-0.05, 0) is 30.7 Å². The molecule has 1 aliphatic heterocycles. The molecule has 3 rings (SSSR count). The lowest BCUT2D eigenvalue weighted by atomic mass is 10.1. The molecule has 1 saturated heterocycles. The van der Waals surface area contributed by atoms with Crippen molar-refractivity contribution in [1.82, 2.24) is 4.31 Å². The number of nitrogens with one attached hydrogen (secondary N) is 1. The van der Waals surface area contributed by atoms with E-state index in [4.69, 9.17) is 4.74 Å². The Kier molecular flexibility index (Phi) is 5.09. The highest BCUT2D eigenvalue weighted by Crippen LogP contribution is 2.30. The molecule has 1 fully saturated rings. The average Bonchev–Trinajstić information content (AvgIpc) is 3.07. The zero-order valence-corrected chi connectivity index (χ0v) is 15.2. The second kappa shape index (κ2) is 7.12. The summed E-state index contributed by atoms with van der Waals surface area (Å²) in [5.41, 5.74) is 0.736. The van der Waals surface area contributed by atoms with E-state index in [0.717, 1.165) is 11.3 Å². The van der Waals surface area contributed by atoms with E-state index in [9.17, 15) is 18.3 Å². The molecule has 1 amide bonds. The molecule has 1 aromatic carbocycles. The molecule has 1 aromatic heterocycles. The quantitative estimate of drug-likeness (QED) is 0.844. The number of phenols is 1. The van der Waals surface area contributed by atoms with Gasteiger partial charge in [0.15, 0.2) is 0 Å². The second-order valence-electron chi connectivity index (χ2n) is 5.56. The number of carbonyl (C=O) groups is 1. The first-order valence-corrected chi connectivity index (χ1v) is 9.93. The number of aromatic hydroxyl groups is 1. The Labute approximate surface area is 149 Å². The van der Waals surface area contributed by atoms with Gasteiger partial charge in [0.1, 0.15) is 9.96 Å². The molecule has 2 aromatic rings. The molecule has 25 heavy (non-hydrogen) atoms. The summed E-state index contributed by atoms with van der Waals surface area (Å²) in [6, 6.07) is 7.90. The van der Waals surface area contributed by atoms with E-state index in [1.165, 1.54) is 16.4 Å². The van der Waals surface area contributed by atoms with Crippen molar-refractivity contribution in [2.45, 2.75) is 11.1 Å². The van der Waals surface area contributed by atoms with E-state index in [0.29, 0.717) is 36.9 Å². The summed E-state index contributed by atoms with van der Waals surface area (Å²) in [6.07, 6.45) is 0. The Balaban J connectivity index is 1.77. The average molecular weight is 382 g/mol. The first-order valence-electron chi connectivity index (χ1n) is 7.67. The van der Waals surface area contributed by atoms with Gasteiger partial charge in [-0.15, -0.1) is 11.3 Å². The summed E-state index contributed by atoms with van der Waals surface area (Å²) in [5.74, 6) is -0.573. The standard InChI is InChI=1S/C16H18N2O5S2/c1-11-3-2-4-12(15(11)19)16(20)17-13-5-6-14(24-13)25(21,22)18-7-9-23-10-8-18/h2-6,19H,7-10H2,1H3,(H,17,20). The van der Waals surface area contributed by atoms with Crippen LogP contribution >= 0.6 is 11.3 Å². The van der Waals surface area contributed by atoms with E-state index in [1.807, 2.05) is 0 Å². The molecule has 0 saturated carbocycles. The van der Waals surface area contributed by atoms with Gasteiger partial charge in [-0.3, -0.25) is 4.79 Å². The minimum Gasteiger partial charge on any atom is -0.507 e. The van der Waals surface area contributed by atoms with Gasteiger partial charge in [0, 0.05) is 13.1 Å². The fraction of sp³-hybridized carbons (Fsp3) is 0.312. The largest absolute Gasteiger partial charge is 0.507 e. The number of morpholine rings is 1. The summed E-state index contributed by atoms with van der Waals surface area (Å²) in [6.45, 7) is 3.09. The van der Waals surface area contributed by atoms with Crippen molar-refractivity contribution in [1.29, 1.82) is 0 Å². The van der Waals surface area contributed by atoms with Gasteiger partial charge >= 0.3 is 0 Å². The Morgan fingerprint density at radius 1 is 1.24 bits per heavy atom. The molecular weight excluding hydrogens is 364 g/mol. The molecule has 0 spiro atoms. The molecule has 2 heterocycles. The van der Waals surface area contributed by atoms with Gasteiger partial charge in [0.05, 0.1) is 23.8 Å². The predicted molar refractivity (Wildman–Crippen MR) is 94.7 cm³/mol. The van der Waals surface area contributed by atoms with Crippen LogP contribution in [0.3, 0.4) is 0 Å². The van der Waals surface area contributed by atoms with E-state index in [-0.39, 0.29) is 15.5 Å². The zero-order valence-electron chi connectivity index (χ0n) is 13.6. The van der Waals surface area contributed by atoms with Crippen LogP contribution in [0.25, 0.3) is 0 Å². The third-order valence-electron chi connectivity index (χ3n) is 3.86. The van der Waals surface area contributed by atoms with Gasteiger partial charge < -0.3 is 15.2 Å². The normalized spacial score (nSPS) is 15.9. The van der Waals surface area contributed by atoms with Crippen molar-refractivity contribution >= 4 is 32.3 Å². The minimum atomic E-state index is -3.59. The molecule has 0 atom stereocenters. The summed E-state index contributed by atoms with van der Waals surface area (Å²) >= 11 is 0.983. The first kappa shape index (κ1) is 17.9. The number of aryl methyl sites for hydroxylation is 1. The zero-order chi connectivity index (χ0) is 18.0. The lowest BCUT2D eigenvalue weighted by molar-refractivity contribution is 0.0731. The van der Waals surface area contributed by atoms with Crippen LogP contribution in [-0.4, -0.2) is 50.0 Å². The first-order chi connectivity index (χ1) is 11.9. The monoisotopic (exact) mass is 382 g/mol. The second-order valence-corrected chi connectivity index (χ2v) is 8.81. The number of sulfonamides is 1. The number of para-hydroxylation sites is 1. The Hall–Kier alpha value is -1.94. The van der Waals surface area contributed by atoms with Gasteiger partial charge in [0.25, 0.3) is 15.9 Å². The number of anilines is 1. The molecule has 0 unspecified atom stereocenters. The minimum absolute atomic E-state index is 0.0854. The molecular formula is C16H18N2O5S2. The number of amides is 1. The van der Waals surface area contributed by atoms with Crippen molar-refractivity contribution < 1.29 is 23.1 Å². The number of benzene rings is 1. The maximum Gasteiger partial charge on any atom is 0.260 e. The summed E-state index contributed by atoms with van der Waals surface area (Å²) in [5, 5.41) is 13.0. The van der Waals surface area contributed by atoms with Crippen LogP contribution in [0.4, 0.5) is 5.00 Å². The van der Waals surface area contributed by atoms with Crippen LogP contribution in [0, 0.1) is 6.92 Å². The number of hydrogen-bond acceptors (Lipinski definition) is 6. The highest BCUT2D eigenvalue weighted by atomic mass is 32.2. The maximum atomic E-state index is 12.6. The number of hydrogen-bond donors (Lipinski definition) is 2. The number of rotatable bonds is 4. The Morgan fingerprint density at radius 3 is 2.68 bits per heavy atom. The maximum absolute atomic E-state index is 12.6. The van der Waals surface area contributed by atoms with E-state index in [1.54, 1.807) is 25.1 Å². The fourth-order valence-corrected chi connectivity index (χ4v) is 5.23. The van der Waals surface area contributed by atoms with Gasteiger partial charge in [0.2, 0.25) is 0 Å². The molecule has 2 N–H and O–H groups in total. The molecule has 0 radical (unpaired) electrons. The predicted octanol–water partition coefficient (Wildman–Crippen LogP) is 2.04. The third-order valence-corrected chi connectivity index (χ3v) is 7.23. The Morgan fingerprint density at radius 2 is 1.96 bits per heavy atom. The molecule has 1 aliphatic rings. The van der Waals surface area contributed by atoms with Crippen molar-refractivity contribution in [3.63, 3.8) is 0 Å².